The molecule has 1 saturated heterocycles. The van der Waals surface area contributed by atoms with Gasteiger partial charge in [-0.15, -0.1) is 0 Å². The van der Waals surface area contributed by atoms with Crippen molar-refractivity contribution in [1.82, 2.24) is 14.9 Å². The number of likely N-dealkylation sites (N-methyl/N-ethyl adjacent to an activating group) is 1. The summed E-state index contributed by atoms with van der Waals surface area (Å²) in [5, 5.41) is 0. The molecule has 1 fully saturated rings. The fraction of sp³-hybridized carbons (Fsp3) is 0.583. The second kappa shape index (κ2) is 4.79. The second-order valence-electron chi connectivity index (χ2n) is 4.50. The van der Waals surface area contributed by atoms with Crippen molar-refractivity contribution in [2.24, 2.45) is 0 Å². The van der Waals surface area contributed by atoms with Gasteiger partial charge in [0.05, 0.1) is 7.11 Å². The average molecular weight is 235 g/mol. The van der Waals surface area contributed by atoms with Gasteiger partial charge in [-0.25, -0.2) is 14.8 Å². The maximum atomic E-state index is 11.4. The minimum absolute atomic E-state index is 0.164. The van der Waals surface area contributed by atoms with Crippen LogP contribution < -0.4 is 0 Å². The van der Waals surface area contributed by atoms with Crippen LogP contribution in [0.2, 0.25) is 0 Å². The third kappa shape index (κ3) is 2.61. The molecule has 0 aromatic carbocycles. The fourth-order valence-electron chi connectivity index (χ4n) is 2.16. The Hall–Kier alpha value is -1.49. The summed E-state index contributed by atoms with van der Waals surface area (Å²) in [6.45, 7) is 3.93. The lowest BCUT2D eigenvalue weighted by Gasteiger charge is -2.11. The van der Waals surface area contributed by atoms with Crippen molar-refractivity contribution >= 4 is 5.97 Å². The molecule has 5 nitrogen and oxygen atoms in total. The van der Waals surface area contributed by atoms with Crippen molar-refractivity contribution < 1.29 is 9.53 Å². The molecule has 0 radical (unpaired) electrons. The van der Waals surface area contributed by atoms with Gasteiger partial charge in [0.15, 0.2) is 0 Å². The third-order valence-corrected chi connectivity index (χ3v) is 3.05. The number of rotatable bonds is 2. The second-order valence-corrected chi connectivity index (χ2v) is 4.50. The summed E-state index contributed by atoms with van der Waals surface area (Å²) < 4.78 is 4.66. The van der Waals surface area contributed by atoms with E-state index in [1.165, 1.54) is 7.11 Å². The van der Waals surface area contributed by atoms with Crippen LogP contribution in [0, 0.1) is 6.92 Å². The van der Waals surface area contributed by atoms with Crippen molar-refractivity contribution in [1.29, 1.82) is 0 Å². The zero-order valence-corrected chi connectivity index (χ0v) is 10.4. The van der Waals surface area contributed by atoms with Gasteiger partial charge < -0.3 is 9.64 Å². The summed E-state index contributed by atoms with van der Waals surface area (Å²) in [5.41, 5.74) is 1.76. The molecule has 1 aromatic rings. The smallest absolute Gasteiger partial charge is 0.376 e. The Bertz CT molecular complexity index is 434. The van der Waals surface area contributed by atoms with Crippen LogP contribution in [-0.2, 0) is 4.74 Å². The van der Waals surface area contributed by atoms with Gasteiger partial charge in [0.25, 0.3) is 0 Å². The minimum atomic E-state index is -0.471. The zero-order valence-electron chi connectivity index (χ0n) is 10.4. The summed E-state index contributed by atoms with van der Waals surface area (Å²) in [4.78, 5) is 22.1. The molecule has 2 heterocycles. The Balaban J connectivity index is 2.28. The largest absolute Gasteiger partial charge is 0.463 e. The predicted molar refractivity (Wildman–Crippen MR) is 63.0 cm³/mol. The van der Waals surface area contributed by atoms with Gasteiger partial charge in [-0.3, -0.25) is 0 Å². The molecule has 1 aliphatic heterocycles. The first-order valence-electron chi connectivity index (χ1n) is 5.72. The molecule has 0 aliphatic carbocycles. The number of methoxy groups -OCH3 is 1. The normalized spacial score (nSPS) is 20.5. The molecular weight excluding hydrogens is 218 g/mol. The maximum absolute atomic E-state index is 11.4. The molecular formula is C12H17N3O2. The van der Waals surface area contributed by atoms with E-state index in [1.807, 2.05) is 13.0 Å². The number of aryl methyl sites for hydroxylation is 1. The van der Waals surface area contributed by atoms with Crippen molar-refractivity contribution in [2.75, 3.05) is 27.2 Å². The Morgan fingerprint density at radius 1 is 1.53 bits per heavy atom. The molecule has 0 spiro atoms. The van der Waals surface area contributed by atoms with Gasteiger partial charge in [0.2, 0.25) is 5.82 Å². The number of aromatic nitrogens is 2. The first-order valence-corrected chi connectivity index (χ1v) is 5.72. The minimum Gasteiger partial charge on any atom is -0.463 e. The van der Waals surface area contributed by atoms with E-state index in [1.54, 1.807) is 0 Å². The molecule has 1 aromatic heterocycles. The van der Waals surface area contributed by atoms with Gasteiger partial charge in [0.1, 0.15) is 0 Å². The van der Waals surface area contributed by atoms with E-state index in [-0.39, 0.29) is 5.82 Å². The molecule has 0 saturated carbocycles. The van der Waals surface area contributed by atoms with E-state index in [0.717, 1.165) is 30.9 Å². The first-order chi connectivity index (χ1) is 8.10. The topological polar surface area (TPSA) is 55.3 Å². The highest BCUT2D eigenvalue weighted by Gasteiger charge is 2.24. The van der Waals surface area contributed by atoms with E-state index in [0.29, 0.717) is 5.92 Å². The van der Waals surface area contributed by atoms with Crippen LogP contribution in [0.3, 0.4) is 0 Å². The number of esters is 1. The summed E-state index contributed by atoms with van der Waals surface area (Å²) in [6.07, 6.45) is 1.08. The fourth-order valence-corrected chi connectivity index (χ4v) is 2.16. The summed E-state index contributed by atoms with van der Waals surface area (Å²) in [5.74, 6) is 0.0865. The Labute approximate surface area is 101 Å². The number of carbonyl (C=O) groups excluding carboxylic acids is 1. The standard InChI is InChI=1S/C12H17N3O2/c1-8-6-10(9-4-5-15(2)7-9)14-11(13-8)12(16)17-3/h6,9H,4-5,7H2,1-3H3. The number of nitrogens with zero attached hydrogens (tertiary/aromatic N) is 3. The lowest BCUT2D eigenvalue weighted by atomic mass is 10.0. The van der Waals surface area contributed by atoms with Crippen molar-refractivity contribution in [3.63, 3.8) is 0 Å². The molecule has 92 valence electrons. The Morgan fingerprint density at radius 3 is 2.88 bits per heavy atom. The third-order valence-electron chi connectivity index (χ3n) is 3.05. The SMILES string of the molecule is COC(=O)c1nc(C)cc(C2CCN(C)C2)n1. The highest BCUT2D eigenvalue weighted by molar-refractivity contribution is 5.85. The lowest BCUT2D eigenvalue weighted by Crippen LogP contribution is -2.16. The van der Waals surface area contributed by atoms with Crippen LogP contribution in [0.5, 0.6) is 0 Å². The van der Waals surface area contributed by atoms with Crippen LogP contribution in [0.4, 0.5) is 0 Å². The molecule has 17 heavy (non-hydrogen) atoms. The molecule has 0 bridgehead atoms. The van der Waals surface area contributed by atoms with E-state index in [4.69, 9.17) is 0 Å². The zero-order chi connectivity index (χ0) is 12.4. The maximum Gasteiger partial charge on any atom is 0.376 e. The Kier molecular flexibility index (Phi) is 3.38. The molecule has 1 unspecified atom stereocenters. The van der Waals surface area contributed by atoms with Crippen molar-refractivity contribution in [2.45, 2.75) is 19.3 Å². The monoisotopic (exact) mass is 235 g/mol. The van der Waals surface area contributed by atoms with Gasteiger partial charge in [-0.2, -0.15) is 0 Å². The Morgan fingerprint density at radius 2 is 2.29 bits per heavy atom. The summed E-state index contributed by atoms with van der Waals surface area (Å²) in [6, 6.07) is 1.95. The van der Waals surface area contributed by atoms with Crippen molar-refractivity contribution in [3.05, 3.63) is 23.3 Å². The van der Waals surface area contributed by atoms with Crippen LogP contribution in [-0.4, -0.2) is 48.1 Å². The average Bonchev–Trinajstić information content (AvgIpc) is 2.74. The number of hydrogen-bond acceptors (Lipinski definition) is 5. The van der Waals surface area contributed by atoms with Crippen molar-refractivity contribution in [3.8, 4) is 0 Å². The van der Waals surface area contributed by atoms with Crippen LogP contribution in [0.15, 0.2) is 6.07 Å². The molecule has 2 rings (SSSR count). The predicted octanol–water partition coefficient (Wildman–Crippen LogP) is 0.991. The van der Waals surface area contributed by atoms with E-state index < -0.39 is 5.97 Å². The molecule has 0 amide bonds. The highest BCUT2D eigenvalue weighted by Crippen LogP contribution is 2.25. The van der Waals surface area contributed by atoms with Crippen LogP contribution in [0.1, 0.15) is 34.3 Å². The number of ether oxygens (including phenoxy) is 1. The number of hydrogen-bond donors (Lipinski definition) is 0. The lowest BCUT2D eigenvalue weighted by molar-refractivity contribution is 0.0586. The van der Waals surface area contributed by atoms with E-state index in [2.05, 4.69) is 26.7 Å². The first kappa shape index (κ1) is 12.0. The molecule has 1 atom stereocenters. The summed E-state index contributed by atoms with van der Waals surface area (Å²) >= 11 is 0. The quantitative estimate of drug-likeness (QED) is 0.715. The molecule has 1 aliphatic rings. The van der Waals surface area contributed by atoms with Gasteiger partial charge >= 0.3 is 5.97 Å². The van der Waals surface area contributed by atoms with Gasteiger partial charge in [0, 0.05) is 23.9 Å². The van der Waals surface area contributed by atoms with E-state index >= 15 is 0 Å². The molecule has 0 N–H and O–H groups in total. The number of carbonyl (C=O) groups is 1. The van der Waals surface area contributed by atoms with Crippen LogP contribution in [0.25, 0.3) is 0 Å². The number of likely N-dealkylation sites (tertiary alicyclic amines) is 1. The molecule has 5 heteroatoms. The van der Waals surface area contributed by atoms with Gasteiger partial charge in [-0.05, 0) is 33.0 Å². The summed E-state index contributed by atoms with van der Waals surface area (Å²) in [7, 11) is 3.44. The van der Waals surface area contributed by atoms with E-state index in [9.17, 15) is 4.79 Å². The van der Waals surface area contributed by atoms with Gasteiger partial charge in [-0.1, -0.05) is 0 Å². The van der Waals surface area contributed by atoms with Crippen LogP contribution >= 0.6 is 0 Å². The highest BCUT2D eigenvalue weighted by atomic mass is 16.5.